The second-order valence-electron chi connectivity index (χ2n) is 9.30. The van der Waals surface area contributed by atoms with Gasteiger partial charge >= 0.3 is 6.18 Å². The predicted octanol–water partition coefficient (Wildman–Crippen LogP) is 4.68. The van der Waals surface area contributed by atoms with E-state index in [1.807, 2.05) is 29.2 Å². The van der Waals surface area contributed by atoms with Crippen LogP contribution in [0.5, 0.6) is 0 Å². The third kappa shape index (κ3) is 3.42. The molecule has 7 nitrogen and oxygen atoms in total. The fourth-order valence-corrected chi connectivity index (χ4v) is 5.65. The number of carbonyl (C=O) groups excluding carboxylic acids is 1. The molecule has 6 rings (SSSR count). The highest BCUT2D eigenvalue weighted by Crippen LogP contribution is 2.45. The van der Waals surface area contributed by atoms with Gasteiger partial charge in [-0.05, 0) is 56.0 Å². The van der Waals surface area contributed by atoms with Crippen molar-refractivity contribution in [1.82, 2.24) is 29.4 Å². The molecule has 10 heteroatoms. The van der Waals surface area contributed by atoms with Crippen LogP contribution in [0.4, 0.5) is 13.2 Å². The molecule has 2 aliphatic rings. The number of carbonyl (C=O) groups is 1. The quantitative estimate of drug-likeness (QED) is 0.418. The summed E-state index contributed by atoms with van der Waals surface area (Å²) >= 11 is 0. The molecule has 1 fully saturated rings. The molecule has 2 unspecified atom stereocenters. The monoisotopic (exact) mass is 480 g/mol. The molecule has 35 heavy (non-hydrogen) atoms. The van der Waals surface area contributed by atoms with Gasteiger partial charge in [0.2, 0.25) is 0 Å². The fourth-order valence-electron chi connectivity index (χ4n) is 5.65. The summed E-state index contributed by atoms with van der Waals surface area (Å²) < 4.78 is 42.8. The minimum absolute atomic E-state index is 0.0448. The van der Waals surface area contributed by atoms with Gasteiger partial charge in [-0.2, -0.15) is 23.4 Å². The second kappa shape index (κ2) is 7.66. The Labute approximate surface area is 199 Å². The van der Waals surface area contributed by atoms with Gasteiger partial charge < -0.3 is 4.90 Å². The summed E-state index contributed by atoms with van der Waals surface area (Å²) in [5.74, 6) is -0.0526. The van der Waals surface area contributed by atoms with Gasteiger partial charge in [0.05, 0.1) is 28.6 Å². The highest BCUT2D eigenvalue weighted by molar-refractivity contribution is 5.98. The van der Waals surface area contributed by atoms with Crippen LogP contribution in [-0.4, -0.2) is 41.4 Å². The molecule has 0 saturated carbocycles. The first-order valence-electron chi connectivity index (χ1n) is 11.6. The predicted molar refractivity (Wildman–Crippen MR) is 122 cm³/mol. The van der Waals surface area contributed by atoms with Gasteiger partial charge in [0, 0.05) is 42.8 Å². The van der Waals surface area contributed by atoms with Gasteiger partial charge in [-0.1, -0.05) is 6.07 Å². The van der Waals surface area contributed by atoms with Gasteiger partial charge in [0.1, 0.15) is 0 Å². The lowest BCUT2D eigenvalue weighted by Gasteiger charge is -2.45. The normalized spacial score (nSPS) is 19.7. The molecular weight excluding hydrogens is 457 g/mol. The van der Waals surface area contributed by atoms with E-state index in [1.165, 1.54) is 11.7 Å². The fraction of sp³-hybridized carbons (Fsp3) is 0.360. The number of halogens is 3. The van der Waals surface area contributed by atoms with Crippen LogP contribution in [-0.2, 0) is 26.7 Å². The summed E-state index contributed by atoms with van der Waals surface area (Å²) in [6.07, 6.45) is 0.311. The molecule has 1 amide bonds. The van der Waals surface area contributed by atoms with E-state index in [4.69, 9.17) is 5.10 Å². The third-order valence-corrected chi connectivity index (χ3v) is 7.17. The van der Waals surface area contributed by atoms with Crippen LogP contribution in [0.15, 0.2) is 42.6 Å². The van der Waals surface area contributed by atoms with Crippen LogP contribution in [0.2, 0.25) is 0 Å². The SMILES string of the molecule is Cn1nc(C(F)(F)F)cc1-c1c2c(nn1C)C1CCCC(C2)N1C(=O)c1ccc2ncccc2c1. The zero-order valence-corrected chi connectivity index (χ0v) is 19.3. The number of aromatic nitrogens is 5. The number of amides is 1. The van der Waals surface area contributed by atoms with Gasteiger partial charge in [0.25, 0.3) is 5.91 Å². The Morgan fingerprint density at radius 2 is 1.89 bits per heavy atom. The van der Waals surface area contributed by atoms with Crippen molar-refractivity contribution >= 4 is 16.8 Å². The molecule has 5 heterocycles. The molecule has 2 atom stereocenters. The first-order chi connectivity index (χ1) is 16.7. The maximum absolute atomic E-state index is 13.7. The minimum Gasteiger partial charge on any atom is -0.327 e. The first-order valence-corrected chi connectivity index (χ1v) is 11.6. The molecule has 2 aliphatic heterocycles. The third-order valence-electron chi connectivity index (χ3n) is 7.17. The Morgan fingerprint density at radius 3 is 2.66 bits per heavy atom. The summed E-state index contributed by atoms with van der Waals surface area (Å²) in [6.45, 7) is 0. The summed E-state index contributed by atoms with van der Waals surface area (Å²) in [6, 6.07) is 10.1. The molecule has 1 saturated heterocycles. The van der Waals surface area contributed by atoms with Crippen molar-refractivity contribution in [2.24, 2.45) is 14.1 Å². The number of rotatable bonds is 2. The van der Waals surface area contributed by atoms with Gasteiger partial charge in [-0.25, -0.2) is 0 Å². The smallest absolute Gasteiger partial charge is 0.327 e. The van der Waals surface area contributed by atoms with Crippen molar-refractivity contribution in [2.45, 2.75) is 43.9 Å². The standard InChI is InChI=1S/C25H23F3N6O/c1-32-20(13-21(30-32)25(26,27)28)23-17-12-16-6-3-7-19(22(17)31-33(23)2)34(16)24(35)15-8-9-18-14(11-15)5-4-10-29-18/h4-5,8-11,13,16,19H,3,6-7,12H2,1-2H3. The number of alkyl halides is 3. The summed E-state index contributed by atoms with van der Waals surface area (Å²) in [5.41, 5.74) is 3.18. The van der Waals surface area contributed by atoms with E-state index in [2.05, 4.69) is 10.1 Å². The van der Waals surface area contributed by atoms with E-state index >= 15 is 0 Å². The molecule has 0 N–H and O–H groups in total. The van der Waals surface area contributed by atoms with Crippen LogP contribution in [0.1, 0.15) is 52.6 Å². The van der Waals surface area contributed by atoms with Crippen LogP contribution >= 0.6 is 0 Å². The number of aryl methyl sites for hydroxylation is 2. The Morgan fingerprint density at radius 1 is 1.06 bits per heavy atom. The van der Waals surface area contributed by atoms with E-state index in [0.717, 1.165) is 47.5 Å². The number of nitrogens with zero attached hydrogens (tertiary/aromatic N) is 6. The van der Waals surface area contributed by atoms with E-state index in [0.29, 0.717) is 23.4 Å². The zero-order valence-electron chi connectivity index (χ0n) is 19.3. The van der Waals surface area contributed by atoms with Crippen LogP contribution in [0, 0.1) is 0 Å². The summed E-state index contributed by atoms with van der Waals surface area (Å²) in [5, 5.41) is 9.32. The molecule has 1 aromatic carbocycles. The molecule has 0 spiro atoms. The second-order valence-corrected chi connectivity index (χ2v) is 9.30. The van der Waals surface area contributed by atoms with Crippen molar-refractivity contribution < 1.29 is 18.0 Å². The van der Waals surface area contributed by atoms with Crippen molar-refractivity contribution in [3.8, 4) is 11.4 Å². The molecule has 0 aliphatic carbocycles. The van der Waals surface area contributed by atoms with Gasteiger partial charge in [-0.3, -0.25) is 19.1 Å². The maximum atomic E-state index is 13.7. The van der Waals surface area contributed by atoms with Crippen molar-refractivity contribution in [1.29, 1.82) is 0 Å². The highest BCUT2D eigenvalue weighted by Gasteiger charge is 2.44. The summed E-state index contributed by atoms with van der Waals surface area (Å²) in [4.78, 5) is 20.0. The lowest BCUT2D eigenvalue weighted by Crippen LogP contribution is -2.49. The Kier molecular flexibility index (Phi) is 4.77. The van der Waals surface area contributed by atoms with E-state index < -0.39 is 11.9 Å². The van der Waals surface area contributed by atoms with Crippen LogP contribution < -0.4 is 0 Å². The number of benzene rings is 1. The van der Waals surface area contributed by atoms with Crippen LogP contribution in [0.3, 0.4) is 0 Å². The Bertz CT molecular complexity index is 1470. The Hall–Kier alpha value is -3.69. The average Bonchev–Trinajstić information content (AvgIpc) is 3.36. The van der Waals surface area contributed by atoms with Crippen molar-refractivity contribution in [3.63, 3.8) is 0 Å². The highest BCUT2D eigenvalue weighted by atomic mass is 19.4. The topological polar surface area (TPSA) is 68.8 Å². The molecule has 3 aromatic heterocycles. The van der Waals surface area contributed by atoms with Gasteiger partial charge in [0.15, 0.2) is 5.69 Å². The average molecular weight is 480 g/mol. The van der Waals surface area contributed by atoms with E-state index in [9.17, 15) is 18.0 Å². The number of hydrogen-bond acceptors (Lipinski definition) is 4. The molecule has 4 aromatic rings. The summed E-state index contributed by atoms with van der Waals surface area (Å²) in [7, 11) is 3.25. The van der Waals surface area contributed by atoms with E-state index in [1.54, 1.807) is 24.0 Å². The van der Waals surface area contributed by atoms with E-state index in [-0.39, 0.29) is 18.0 Å². The molecule has 2 bridgehead atoms. The van der Waals surface area contributed by atoms with Gasteiger partial charge in [-0.15, -0.1) is 0 Å². The maximum Gasteiger partial charge on any atom is 0.435 e. The largest absolute Gasteiger partial charge is 0.435 e. The lowest BCUT2D eigenvalue weighted by atomic mass is 9.81. The Balaban J connectivity index is 1.41. The van der Waals surface area contributed by atoms with Crippen molar-refractivity contribution in [3.05, 3.63) is 65.1 Å². The minimum atomic E-state index is -4.52. The number of piperidine rings is 1. The molecule has 0 radical (unpaired) electrons. The zero-order chi connectivity index (χ0) is 24.5. The lowest BCUT2D eigenvalue weighted by molar-refractivity contribution is -0.141. The first kappa shape index (κ1) is 21.8. The molecule has 180 valence electrons. The van der Waals surface area contributed by atoms with Crippen LogP contribution in [0.25, 0.3) is 22.3 Å². The number of hydrogen-bond donors (Lipinski definition) is 0. The number of pyridine rings is 1. The number of fused-ring (bicyclic) bond motifs is 5. The molecular formula is C25H23F3N6O. The van der Waals surface area contributed by atoms with Crippen molar-refractivity contribution in [2.75, 3.05) is 0 Å².